The number of hydrogen-bond acceptors (Lipinski definition) is 2. The molecular formula is C9H13F2NO2. The van der Waals surface area contributed by atoms with Crippen molar-refractivity contribution in [3.8, 4) is 0 Å². The first-order valence-corrected chi connectivity index (χ1v) is 4.30. The number of nitrogens with zero attached hydrogens (tertiary/aromatic N) is 1. The summed E-state index contributed by atoms with van der Waals surface area (Å²) in [5.41, 5.74) is -0.569. The van der Waals surface area contributed by atoms with E-state index < -0.39 is 17.8 Å². The second kappa shape index (κ2) is 3.55. The summed E-state index contributed by atoms with van der Waals surface area (Å²) in [4.78, 5) is 12.5. The molecule has 0 aliphatic carbocycles. The minimum Gasteiger partial charge on any atom is -0.444 e. The van der Waals surface area contributed by atoms with Crippen LogP contribution >= 0.6 is 0 Å². The molecule has 0 aromatic rings. The molecule has 3 nitrogen and oxygen atoms in total. The summed E-state index contributed by atoms with van der Waals surface area (Å²) >= 11 is 0. The Bertz CT molecular complexity index is 269. The molecule has 1 aliphatic rings. The van der Waals surface area contributed by atoms with Gasteiger partial charge in [0.05, 0.1) is 13.1 Å². The maximum Gasteiger partial charge on any atom is 0.410 e. The number of ether oxygens (including phenoxy) is 1. The summed E-state index contributed by atoms with van der Waals surface area (Å²) in [6, 6.07) is 0. The smallest absolute Gasteiger partial charge is 0.410 e. The lowest BCUT2D eigenvalue weighted by Gasteiger charge is -2.34. The average molecular weight is 205 g/mol. The lowest BCUT2D eigenvalue weighted by Crippen LogP contribution is -2.47. The summed E-state index contributed by atoms with van der Waals surface area (Å²) in [5.74, 6) is 0. The van der Waals surface area contributed by atoms with Crippen molar-refractivity contribution in [2.24, 2.45) is 0 Å². The van der Waals surface area contributed by atoms with E-state index >= 15 is 0 Å². The van der Waals surface area contributed by atoms with Crippen molar-refractivity contribution >= 4 is 6.09 Å². The first kappa shape index (κ1) is 10.9. The van der Waals surface area contributed by atoms with E-state index in [0.717, 1.165) is 0 Å². The zero-order valence-electron chi connectivity index (χ0n) is 8.43. The van der Waals surface area contributed by atoms with Gasteiger partial charge in [0, 0.05) is 5.57 Å². The fourth-order valence-corrected chi connectivity index (χ4v) is 0.990. The zero-order chi connectivity index (χ0) is 10.9. The fraction of sp³-hybridized carbons (Fsp3) is 0.667. The Labute approximate surface area is 81.3 Å². The Morgan fingerprint density at radius 1 is 1.36 bits per heavy atom. The van der Waals surface area contributed by atoms with Crippen LogP contribution in [0.1, 0.15) is 20.8 Å². The van der Waals surface area contributed by atoms with Gasteiger partial charge in [0.25, 0.3) is 6.08 Å². The third-order valence-electron chi connectivity index (χ3n) is 1.68. The average Bonchev–Trinajstić information content (AvgIpc) is 1.75. The highest BCUT2D eigenvalue weighted by atomic mass is 19.3. The number of hydrogen-bond donors (Lipinski definition) is 0. The van der Waals surface area contributed by atoms with Crippen molar-refractivity contribution in [3.63, 3.8) is 0 Å². The van der Waals surface area contributed by atoms with Crippen LogP contribution in [-0.4, -0.2) is 29.7 Å². The van der Waals surface area contributed by atoms with Crippen LogP contribution in [0.4, 0.5) is 13.6 Å². The predicted molar refractivity (Wildman–Crippen MR) is 47.0 cm³/mol. The molecule has 1 amide bonds. The van der Waals surface area contributed by atoms with Crippen LogP contribution in [0.15, 0.2) is 11.7 Å². The SMILES string of the molecule is CC(C)(C)OC(=O)N1CC(=C(F)F)C1. The highest BCUT2D eigenvalue weighted by Crippen LogP contribution is 2.22. The highest BCUT2D eigenvalue weighted by Gasteiger charge is 2.31. The molecular weight excluding hydrogens is 192 g/mol. The van der Waals surface area contributed by atoms with Gasteiger partial charge in [-0.25, -0.2) is 4.79 Å². The number of carbonyl (C=O) groups is 1. The molecule has 80 valence electrons. The Hall–Kier alpha value is -1.13. The largest absolute Gasteiger partial charge is 0.444 e. The van der Waals surface area contributed by atoms with E-state index in [9.17, 15) is 13.6 Å². The summed E-state index contributed by atoms with van der Waals surface area (Å²) in [5, 5.41) is 0. The first-order chi connectivity index (χ1) is 6.29. The van der Waals surface area contributed by atoms with Crippen LogP contribution in [0, 0.1) is 0 Å². The topological polar surface area (TPSA) is 29.5 Å². The Balaban J connectivity index is 2.41. The lowest BCUT2D eigenvalue weighted by atomic mass is 10.1. The van der Waals surface area contributed by atoms with Crippen molar-refractivity contribution in [2.75, 3.05) is 13.1 Å². The monoisotopic (exact) mass is 205 g/mol. The van der Waals surface area contributed by atoms with E-state index in [1.54, 1.807) is 20.8 Å². The maximum absolute atomic E-state index is 12.0. The molecule has 0 N–H and O–H groups in total. The van der Waals surface area contributed by atoms with E-state index in [2.05, 4.69) is 0 Å². The van der Waals surface area contributed by atoms with Crippen molar-refractivity contribution in [2.45, 2.75) is 26.4 Å². The van der Waals surface area contributed by atoms with Gasteiger partial charge < -0.3 is 4.74 Å². The van der Waals surface area contributed by atoms with Crippen LogP contribution in [0.25, 0.3) is 0 Å². The van der Waals surface area contributed by atoms with E-state index in [0.29, 0.717) is 0 Å². The molecule has 1 rings (SSSR count). The van der Waals surface area contributed by atoms with Crippen LogP contribution in [0.5, 0.6) is 0 Å². The highest BCUT2D eigenvalue weighted by molar-refractivity contribution is 5.70. The van der Waals surface area contributed by atoms with Crippen LogP contribution in [0.3, 0.4) is 0 Å². The lowest BCUT2D eigenvalue weighted by molar-refractivity contribution is 0.0206. The number of likely N-dealkylation sites (tertiary alicyclic amines) is 1. The normalized spacial score (nSPS) is 16.4. The second-order valence-electron chi connectivity index (χ2n) is 4.20. The van der Waals surface area contributed by atoms with Gasteiger partial charge >= 0.3 is 6.09 Å². The van der Waals surface area contributed by atoms with Gasteiger partial charge in [0.15, 0.2) is 0 Å². The number of amides is 1. The predicted octanol–water partition coefficient (Wildman–Crippen LogP) is 2.39. The zero-order valence-corrected chi connectivity index (χ0v) is 8.43. The van der Waals surface area contributed by atoms with Gasteiger partial charge in [-0.05, 0) is 20.8 Å². The van der Waals surface area contributed by atoms with Crippen molar-refractivity contribution in [1.82, 2.24) is 4.90 Å². The fourth-order valence-electron chi connectivity index (χ4n) is 0.990. The van der Waals surface area contributed by atoms with Crippen LogP contribution in [0.2, 0.25) is 0 Å². The van der Waals surface area contributed by atoms with Crippen LogP contribution in [-0.2, 0) is 4.74 Å². The molecule has 1 saturated heterocycles. The second-order valence-corrected chi connectivity index (χ2v) is 4.20. The Morgan fingerprint density at radius 3 is 2.21 bits per heavy atom. The van der Waals surface area contributed by atoms with E-state index in [1.807, 2.05) is 0 Å². The first-order valence-electron chi connectivity index (χ1n) is 4.30. The van der Waals surface area contributed by atoms with Gasteiger partial charge in [-0.3, -0.25) is 4.90 Å². The summed E-state index contributed by atoms with van der Waals surface area (Å²) in [6.45, 7) is 5.17. The van der Waals surface area contributed by atoms with E-state index in [4.69, 9.17) is 4.74 Å². The summed E-state index contributed by atoms with van der Waals surface area (Å²) in [6.07, 6.45) is -2.23. The van der Waals surface area contributed by atoms with Crippen LogP contribution < -0.4 is 0 Å². The Kier molecular flexibility index (Phi) is 2.78. The summed E-state index contributed by atoms with van der Waals surface area (Å²) < 4.78 is 28.9. The molecule has 1 fully saturated rings. The molecule has 1 heterocycles. The van der Waals surface area contributed by atoms with Crippen molar-refractivity contribution < 1.29 is 18.3 Å². The standard InChI is InChI=1S/C9H13F2NO2/c1-9(2,3)14-8(13)12-4-6(5-12)7(10)11/h4-5H2,1-3H3. The summed E-state index contributed by atoms with van der Waals surface area (Å²) in [7, 11) is 0. The molecule has 5 heteroatoms. The van der Waals surface area contributed by atoms with Gasteiger partial charge in [-0.1, -0.05) is 0 Å². The van der Waals surface area contributed by atoms with Gasteiger partial charge in [-0.2, -0.15) is 8.78 Å². The quantitative estimate of drug-likeness (QED) is 0.607. The van der Waals surface area contributed by atoms with E-state index in [-0.39, 0.29) is 18.7 Å². The maximum atomic E-state index is 12.0. The third-order valence-corrected chi connectivity index (χ3v) is 1.68. The molecule has 0 saturated carbocycles. The van der Waals surface area contributed by atoms with Crippen molar-refractivity contribution in [3.05, 3.63) is 11.7 Å². The van der Waals surface area contributed by atoms with Crippen molar-refractivity contribution in [1.29, 1.82) is 0 Å². The van der Waals surface area contributed by atoms with E-state index in [1.165, 1.54) is 4.90 Å². The molecule has 0 aromatic heterocycles. The minimum absolute atomic E-state index is 0.0101. The molecule has 0 spiro atoms. The molecule has 0 atom stereocenters. The molecule has 0 bridgehead atoms. The van der Waals surface area contributed by atoms with Gasteiger partial charge in [0.1, 0.15) is 5.60 Å². The number of rotatable bonds is 0. The molecule has 0 aromatic carbocycles. The minimum atomic E-state index is -1.69. The van der Waals surface area contributed by atoms with Gasteiger partial charge in [-0.15, -0.1) is 0 Å². The molecule has 14 heavy (non-hydrogen) atoms. The molecule has 0 unspecified atom stereocenters. The molecule has 1 aliphatic heterocycles. The number of halogens is 2. The Morgan fingerprint density at radius 2 is 1.86 bits per heavy atom. The van der Waals surface area contributed by atoms with Gasteiger partial charge in [0.2, 0.25) is 0 Å². The molecule has 0 radical (unpaired) electrons. The number of carbonyl (C=O) groups excluding carboxylic acids is 1. The third kappa shape index (κ3) is 2.68.